The van der Waals surface area contributed by atoms with Crippen molar-refractivity contribution in [1.82, 2.24) is 5.32 Å². The van der Waals surface area contributed by atoms with E-state index in [-0.39, 0.29) is 17.8 Å². The Balaban J connectivity index is 1.66. The van der Waals surface area contributed by atoms with Crippen LogP contribution in [-0.4, -0.2) is 18.5 Å². The Labute approximate surface area is 148 Å². The topological polar surface area (TPSA) is 67.2 Å². The predicted molar refractivity (Wildman–Crippen MR) is 99.8 cm³/mol. The minimum Gasteiger partial charge on any atom is -0.385 e. The van der Waals surface area contributed by atoms with E-state index in [1.54, 1.807) is 13.0 Å². The number of hydrogen-bond donors (Lipinski definition) is 3. The number of nitrogens with two attached hydrogens (primary N) is 1. The maximum atomic E-state index is 13.5. The van der Waals surface area contributed by atoms with Gasteiger partial charge in [0.05, 0.1) is 6.04 Å². The van der Waals surface area contributed by atoms with Gasteiger partial charge in [-0.3, -0.25) is 4.79 Å². The molecule has 0 heterocycles. The number of nitrogens with one attached hydrogen (secondary N) is 2. The lowest BCUT2D eigenvalue weighted by atomic mass is 10.1. The lowest BCUT2D eigenvalue weighted by Crippen LogP contribution is -2.38. The van der Waals surface area contributed by atoms with Crippen LogP contribution in [0.3, 0.4) is 0 Å². The van der Waals surface area contributed by atoms with E-state index in [2.05, 4.69) is 10.6 Å². The third kappa shape index (κ3) is 6.55. The van der Waals surface area contributed by atoms with Crippen LogP contribution < -0.4 is 16.4 Å². The van der Waals surface area contributed by atoms with Crippen molar-refractivity contribution >= 4 is 11.6 Å². The molecule has 2 aromatic rings. The molecular weight excluding hydrogens is 317 g/mol. The van der Waals surface area contributed by atoms with Crippen LogP contribution in [0, 0.1) is 5.82 Å². The summed E-state index contributed by atoms with van der Waals surface area (Å²) in [5.41, 5.74) is 8.15. The van der Waals surface area contributed by atoms with Crippen LogP contribution in [0.15, 0.2) is 48.5 Å². The molecule has 0 aliphatic carbocycles. The highest BCUT2D eigenvalue weighted by molar-refractivity contribution is 5.79. The smallest absolute Gasteiger partial charge is 0.234 e. The number of aryl methyl sites for hydroxylation is 1. The van der Waals surface area contributed by atoms with Crippen LogP contribution in [-0.2, 0) is 17.8 Å². The zero-order valence-corrected chi connectivity index (χ0v) is 14.6. The van der Waals surface area contributed by atoms with E-state index < -0.39 is 0 Å². The summed E-state index contributed by atoms with van der Waals surface area (Å²) in [6.07, 6.45) is 2.69. The van der Waals surface area contributed by atoms with Gasteiger partial charge in [-0.25, -0.2) is 4.39 Å². The van der Waals surface area contributed by atoms with Crippen molar-refractivity contribution in [3.8, 4) is 0 Å². The molecule has 0 saturated heterocycles. The summed E-state index contributed by atoms with van der Waals surface area (Å²) < 4.78 is 13.5. The molecule has 0 fully saturated rings. The van der Waals surface area contributed by atoms with Crippen molar-refractivity contribution in [3.05, 3.63) is 65.5 Å². The predicted octanol–water partition coefficient (Wildman–Crippen LogP) is 3.22. The first kappa shape index (κ1) is 18.9. The largest absolute Gasteiger partial charge is 0.385 e. The number of carbonyl (C=O) groups excluding carboxylic acids is 1. The zero-order chi connectivity index (χ0) is 18.1. The molecule has 0 aromatic heterocycles. The quantitative estimate of drug-likeness (QED) is 0.580. The Bertz CT molecular complexity index is 673. The van der Waals surface area contributed by atoms with Gasteiger partial charge >= 0.3 is 0 Å². The van der Waals surface area contributed by atoms with Gasteiger partial charge in [-0.05, 0) is 55.5 Å². The lowest BCUT2D eigenvalue weighted by Gasteiger charge is -2.11. The van der Waals surface area contributed by atoms with E-state index in [0.29, 0.717) is 6.54 Å². The number of hydrogen-bond acceptors (Lipinski definition) is 3. The third-order valence-corrected chi connectivity index (χ3v) is 4.15. The number of rotatable bonds is 10. The van der Waals surface area contributed by atoms with Gasteiger partial charge in [0.2, 0.25) is 5.91 Å². The van der Waals surface area contributed by atoms with E-state index in [4.69, 9.17) is 5.73 Å². The number of benzene rings is 2. The first-order valence-electron chi connectivity index (χ1n) is 8.65. The SMILES string of the molecule is CC(NCc1ccc(NCCCCc2ccccc2F)cc1)C(N)=O. The van der Waals surface area contributed by atoms with E-state index in [9.17, 15) is 9.18 Å². The monoisotopic (exact) mass is 343 g/mol. The van der Waals surface area contributed by atoms with Gasteiger partial charge in [0.25, 0.3) is 0 Å². The van der Waals surface area contributed by atoms with Crippen LogP contribution in [0.1, 0.15) is 30.9 Å². The normalized spacial score (nSPS) is 11.9. The summed E-state index contributed by atoms with van der Waals surface area (Å²) in [6, 6.07) is 14.7. The van der Waals surface area contributed by atoms with Crippen LogP contribution in [0.25, 0.3) is 0 Å². The van der Waals surface area contributed by atoms with Crippen molar-refractivity contribution in [2.45, 2.75) is 38.8 Å². The Hall–Kier alpha value is -2.40. The maximum absolute atomic E-state index is 13.5. The number of unbranched alkanes of at least 4 members (excludes halogenated alkanes) is 1. The molecule has 0 spiro atoms. The molecule has 0 radical (unpaired) electrons. The van der Waals surface area contributed by atoms with Crippen molar-refractivity contribution < 1.29 is 9.18 Å². The van der Waals surface area contributed by atoms with Gasteiger partial charge in [-0.2, -0.15) is 0 Å². The highest BCUT2D eigenvalue weighted by Gasteiger charge is 2.06. The average Bonchev–Trinajstić information content (AvgIpc) is 2.61. The van der Waals surface area contributed by atoms with E-state index in [0.717, 1.165) is 42.6 Å². The second kappa shape index (κ2) is 9.79. The Kier molecular flexibility index (Phi) is 7.41. The summed E-state index contributed by atoms with van der Waals surface area (Å²) in [4.78, 5) is 11.0. The molecule has 4 N–H and O–H groups in total. The van der Waals surface area contributed by atoms with Crippen LogP contribution >= 0.6 is 0 Å². The zero-order valence-electron chi connectivity index (χ0n) is 14.6. The Morgan fingerprint density at radius 2 is 1.84 bits per heavy atom. The van der Waals surface area contributed by atoms with E-state index in [1.165, 1.54) is 6.07 Å². The van der Waals surface area contributed by atoms with Gasteiger partial charge in [0.1, 0.15) is 5.82 Å². The summed E-state index contributed by atoms with van der Waals surface area (Å²) >= 11 is 0. The molecule has 1 amide bonds. The Morgan fingerprint density at radius 3 is 2.52 bits per heavy atom. The molecule has 1 atom stereocenters. The molecule has 0 bridgehead atoms. The van der Waals surface area contributed by atoms with Crippen molar-refractivity contribution in [1.29, 1.82) is 0 Å². The molecular formula is C20H26FN3O. The van der Waals surface area contributed by atoms with Crippen LogP contribution in [0.4, 0.5) is 10.1 Å². The molecule has 0 saturated carbocycles. The first-order valence-corrected chi connectivity index (χ1v) is 8.65. The molecule has 2 rings (SSSR count). The van der Waals surface area contributed by atoms with Crippen molar-refractivity contribution in [3.63, 3.8) is 0 Å². The molecule has 5 heteroatoms. The minimum absolute atomic E-state index is 0.120. The first-order chi connectivity index (χ1) is 12.1. The fraction of sp³-hybridized carbons (Fsp3) is 0.350. The van der Waals surface area contributed by atoms with Gasteiger partial charge in [0.15, 0.2) is 0 Å². The van der Waals surface area contributed by atoms with Gasteiger partial charge in [-0.1, -0.05) is 30.3 Å². The fourth-order valence-electron chi connectivity index (χ4n) is 2.49. The summed E-state index contributed by atoms with van der Waals surface area (Å²) in [5.74, 6) is -0.473. The lowest BCUT2D eigenvalue weighted by molar-refractivity contribution is -0.119. The molecule has 1 unspecified atom stereocenters. The second-order valence-electron chi connectivity index (χ2n) is 6.18. The molecule has 25 heavy (non-hydrogen) atoms. The maximum Gasteiger partial charge on any atom is 0.234 e. The molecule has 134 valence electrons. The molecule has 0 aliphatic heterocycles. The standard InChI is InChI=1S/C20H26FN3O/c1-15(20(22)25)24-14-16-9-11-18(12-10-16)23-13-5-4-7-17-6-2-3-8-19(17)21/h2-3,6,8-12,15,23-24H,4-5,7,13-14H2,1H3,(H2,22,25). The number of carbonyl (C=O) groups is 1. The highest BCUT2D eigenvalue weighted by atomic mass is 19.1. The highest BCUT2D eigenvalue weighted by Crippen LogP contribution is 2.12. The fourth-order valence-corrected chi connectivity index (χ4v) is 2.49. The summed E-state index contributed by atoms with van der Waals surface area (Å²) in [7, 11) is 0. The van der Waals surface area contributed by atoms with Gasteiger partial charge in [-0.15, -0.1) is 0 Å². The van der Waals surface area contributed by atoms with Crippen molar-refractivity contribution in [2.75, 3.05) is 11.9 Å². The number of primary amides is 1. The van der Waals surface area contributed by atoms with E-state index >= 15 is 0 Å². The number of amides is 1. The summed E-state index contributed by atoms with van der Waals surface area (Å²) in [6.45, 7) is 3.21. The Morgan fingerprint density at radius 1 is 1.12 bits per heavy atom. The second-order valence-corrected chi connectivity index (χ2v) is 6.18. The minimum atomic E-state index is -0.353. The summed E-state index contributed by atoms with van der Waals surface area (Å²) in [5, 5.41) is 6.44. The number of anilines is 1. The average molecular weight is 343 g/mol. The molecule has 4 nitrogen and oxygen atoms in total. The third-order valence-electron chi connectivity index (χ3n) is 4.15. The van der Waals surface area contributed by atoms with Crippen LogP contribution in [0.5, 0.6) is 0 Å². The van der Waals surface area contributed by atoms with Crippen molar-refractivity contribution in [2.24, 2.45) is 5.73 Å². The van der Waals surface area contributed by atoms with E-state index in [1.807, 2.05) is 36.4 Å². The van der Waals surface area contributed by atoms with Gasteiger partial charge in [0, 0.05) is 18.8 Å². The number of halogens is 1. The molecule has 0 aliphatic rings. The molecule has 2 aromatic carbocycles. The van der Waals surface area contributed by atoms with Gasteiger partial charge < -0.3 is 16.4 Å². The van der Waals surface area contributed by atoms with Crippen LogP contribution in [0.2, 0.25) is 0 Å².